The molecule has 1 aliphatic heterocycles. The lowest BCUT2D eigenvalue weighted by atomic mass is 10.2. The van der Waals surface area contributed by atoms with Gasteiger partial charge in [0.05, 0.1) is 17.9 Å². The maximum absolute atomic E-state index is 12.4. The van der Waals surface area contributed by atoms with Crippen molar-refractivity contribution in [3.63, 3.8) is 0 Å². The van der Waals surface area contributed by atoms with Crippen molar-refractivity contribution in [2.24, 2.45) is 0 Å². The van der Waals surface area contributed by atoms with Gasteiger partial charge in [-0.15, -0.1) is 0 Å². The number of nitrogens with one attached hydrogen (secondary N) is 1. The average Bonchev–Trinajstić information content (AvgIpc) is 3.18. The molecule has 3 heterocycles. The molecule has 0 spiro atoms. The average molecular weight is 303 g/mol. The zero-order valence-corrected chi connectivity index (χ0v) is 11.9. The predicted octanol–water partition coefficient (Wildman–Crippen LogP) is 1.18. The maximum Gasteiger partial charge on any atom is 0.273 e. The summed E-state index contributed by atoms with van der Waals surface area (Å²) in [5.74, 6) is -0.0312. The summed E-state index contributed by atoms with van der Waals surface area (Å²) >= 11 is 1.02. The molecule has 1 fully saturated rings. The number of aromatic nitrogens is 3. The molecule has 0 unspecified atom stereocenters. The van der Waals surface area contributed by atoms with Gasteiger partial charge in [-0.05, 0) is 25.0 Å². The second-order valence-corrected chi connectivity index (χ2v) is 5.21. The Morgan fingerprint density at radius 1 is 1.38 bits per heavy atom. The monoisotopic (exact) mass is 303 g/mol. The molecule has 0 saturated carbocycles. The quantitative estimate of drug-likeness (QED) is 0.919. The number of hydrogen-bond donors (Lipinski definition) is 1. The topological polar surface area (TPSA) is 88.1 Å². The molecule has 21 heavy (non-hydrogen) atoms. The number of carbonyl (C=O) groups is 2. The summed E-state index contributed by atoms with van der Waals surface area (Å²) in [6, 6.07) is 4.67. The third-order valence-electron chi connectivity index (χ3n) is 3.31. The van der Waals surface area contributed by atoms with Gasteiger partial charge >= 0.3 is 0 Å². The fourth-order valence-corrected chi connectivity index (χ4v) is 2.72. The van der Waals surface area contributed by atoms with Crippen molar-refractivity contribution in [3.8, 4) is 0 Å². The Hall–Kier alpha value is -2.35. The second-order valence-electron chi connectivity index (χ2n) is 4.65. The van der Waals surface area contributed by atoms with E-state index in [4.69, 9.17) is 0 Å². The largest absolute Gasteiger partial charge is 0.325 e. The highest BCUT2D eigenvalue weighted by molar-refractivity contribution is 6.99. The van der Waals surface area contributed by atoms with Crippen molar-refractivity contribution in [2.75, 3.05) is 11.9 Å². The van der Waals surface area contributed by atoms with Crippen LogP contribution in [-0.4, -0.2) is 43.0 Å². The number of nitrogens with zero attached hydrogens (tertiary/aromatic N) is 4. The zero-order chi connectivity index (χ0) is 14.7. The lowest BCUT2D eigenvalue weighted by Crippen LogP contribution is -2.43. The molecule has 2 aromatic rings. The van der Waals surface area contributed by atoms with Crippen LogP contribution in [0.3, 0.4) is 0 Å². The van der Waals surface area contributed by atoms with E-state index >= 15 is 0 Å². The fraction of sp³-hybridized carbons (Fsp3) is 0.308. The van der Waals surface area contributed by atoms with Crippen molar-refractivity contribution in [1.29, 1.82) is 0 Å². The lowest BCUT2D eigenvalue weighted by molar-refractivity contribution is -0.119. The van der Waals surface area contributed by atoms with Gasteiger partial charge in [0.15, 0.2) is 5.82 Å². The summed E-state index contributed by atoms with van der Waals surface area (Å²) in [7, 11) is 0. The predicted molar refractivity (Wildman–Crippen MR) is 76.8 cm³/mol. The van der Waals surface area contributed by atoms with Crippen LogP contribution in [0.2, 0.25) is 0 Å². The first-order chi connectivity index (χ1) is 10.3. The van der Waals surface area contributed by atoms with E-state index in [0.717, 1.165) is 18.1 Å². The van der Waals surface area contributed by atoms with Gasteiger partial charge in [0.25, 0.3) is 5.91 Å². The molecular weight excluding hydrogens is 290 g/mol. The molecule has 1 atom stereocenters. The van der Waals surface area contributed by atoms with E-state index in [-0.39, 0.29) is 11.8 Å². The summed E-state index contributed by atoms with van der Waals surface area (Å²) < 4.78 is 7.77. The smallest absolute Gasteiger partial charge is 0.273 e. The third kappa shape index (κ3) is 2.89. The standard InChI is InChI=1S/C13H13N5O2S/c19-12(16-11-8-15-21-17-11)10-5-3-7-18(10)13(20)9-4-1-2-6-14-9/h1-2,4,6,8,10H,3,5,7H2,(H,16,17,19)/t10-/m0/s1. The summed E-state index contributed by atoms with van der Waals surface area (Å²) in [6.07, 6.45) is 4.50. The fourth-order valence-electron chi connectivity index (χ4n) is 2.35. The van der Waals surface area contributed by atoms with Gasteiger partial charge in [0, 0.05) is 12.7 Å². The minimum atomic E-state index is -0.485. The van der Waals surface area contributed by atoms with Gasteiger partial charge in [-0.1, -0.05) is 6.07 Å². The Bertz CT molecular complexity index is 631. The first kappa shape index (κ1) is 13.6. The van der Waals surface area contributed by atoms with Crippen LogP contribution in [0.5, 0.6) is 0 Å². The summed E-state index contributed by atoms with van der Waals surface area (Å²) in [4.78, 5) is 30.3. The van der Waals surface area contributed by atoms with E-state index in [1.807, 2.05) is 0 Å². The third-order valence-corrected chi connectivity index (χ3v) is 3.79. The van der Waals surface area contributed by atoms with Crippen molar-refractivity contribution in [3.05, 3.63) is 36.3 Å². The van der Waals surface area contributed by atoms with Gasteiger partial charge in [0.2, 0.25) is 5.91 Å². The SMILES string of the molecule is O=C(Nc1cnsn1)[C@@H]1CCCN1C(=O)c1ccccn1. The van der Waals surface area contributed by atoms with Crippen LogP contribution >= 0.6 is 11.7 Å². The highest BCUT2D eigenvalue weighted by Crippen LogP contribution is 2.21. The Labute approximate surface area is 125 Å². The molecule has 1 N–H and O–H groups in total. The van der Waals surface area contributed by atoms with E-state index < -0.39 is 6.04 Å². The molecule has 7 nitrogen and oxygen atoms in total. The van der Waals surface area contributed by atoms with Gasteiger partial charge in [0.1, 0.15) is 11.7 Å². The molecule has 0 bridgehead atoms. The number of amides is 2. The Balaban J connectivity index is 1.73. The zero-order valence-electron chi connectivity index (χ0n) is 11.1. The second kappa shape index (κ2) is 5.96. The molecule has 108 valence electrons. The van der Waals surface area contributed by atoms with Crippen LogP contribution in [0.4, 0.5) is 5.82 Å². The number of carbonyl (C=O) groups excluding carboxylic acids is 2. The Kier molecular flexibility index (Phi) is 3.87. The van der Waals surface area contributed by atoms with Crippen LogP contribution < -0.4 is 5.32 Å². The van der Waals surface area contributed by atoms with E-state index in [1.165, 1.54) is 6.20 Å². The number of pyridine rings is 1. The normalized spacial score (nSPS) is 17.7. The van der Waals surface area contributed by atoms with E-state index in [2.05, 4.69) is 19.0 Å². The number of anilines is 1. The summed E-state index contributed by atoms with van der Waals surface area (Å²) in [5.41, 5.74) is 0.354. The molecular formula is C13H13N5O2S. The van der Waals surface area contributed by atoms with E-state index in [1.54, 1.807) is 29.3 Å². The Morgan fingerprint density at radius 3 is 3.00 bits per heavy atom. The van der Waals surface area contributed by atoms with Crippen LogP contribution in [0.25, 0.3) is 0 Å². The van der Waals surface area contributed by atoms with Crippen LogP contribution in [0, 0.1) is 0 Å². The number of hydrogen-bond acceptors (Lipinski definition) is 6. The molecule has 0 aliphatic carbocycles. The molecule has 8 heteroatoms. The number of rotatable bonds is 3. The highest BCUT2D eigenvalue weighted by atomic mass is 32.1. The van der Waals surface area contributed by atoms with Gasteiger partial charge in [-0.2, -0.15) is 8.75 Å². The van der Waals surface area contributed by atoms with Gasteiger partial charge < -0.3 is 10.2 Å². The summed E-state index contributed by atoms with van der Waals surface area (Å²) in [5, 5.41) is 2.68. The molecule has 2 amide bonds. The van der Waals surface area contributed by atoms with Crippen molar-refractivity contribution >= 4 is 29.4 Å². The molecule has 3 rings (SSSR count). The minimum Gasteiger partial charge on any atom is -0.325 e. The molecule has 1 saturated heterocycles. The van der Waals surface area contributed by atoms with Crippen molar-refractivity contribution in [2.45, 2.75) is 18.9 Å². The molecule has 2 aromatic heterocycles. The molecule has 1 aliphatic rings. The van der Waals surface area contributed by atoms with Crippen LogP contribution in [0.15, 0.2) is 30.6 Å². The maximum atomic E-state index is 12.4. The number of likely N-dealkylation sites (tertiary alicyclic amines) is 1. The van der Waals surface area contributed by atoms with Crippen LogP contribution in [-0.2, 0) is 4.79 Å². The van der Waals surface area contributed by atoms with Crippen molar-refractivity contribution < 1.29 is 9.59 Å². The van der Waals surface area contributed by atoms with Gasteiger partial charge in [-0.3, -0.25) is 14.6 Å². The molecule has 0 aromatic carbocycles. The van der Waals surface area contributed by atoms with E-state index in [9.17, 15) is 9.59 Å². The van der Waals surface area contributed by atoms with Crippen LogP contribution in [0.1, 0.15) is 23.3 Å². The summed E-state index contributed by atoms with van der Waals surface area (Å²) in [6.45, 7) is 0.558. The lowest BCUT2D eigenvalue weighted by Gasteiger charge is -2.23. The minimum absolute atomic E-state index is 0.218. The molecule has 0 radical (unpaired) electrons. The van der Waals surface area contributed by atoms with Gasteiger partial charge in [-0.25, -0.2) is 0 Å². The Morgan fingerprint density at radius 2 is 2.29 bits per heavy atom. The first-order valence-electron chi connectivity index (χ1n) is 6.56. The van der Waals surface area contributed by atoms with Crippen molar-refractivity contribution in [1.82, 2.24) is 18.6 Å². The highest BCUT2D eigenvalue weighted by Gasteiger charge is 2.35. The van der Waals surface area contributed by atoms with E-state index in [0.29, 0.717) is 24.5 Å². The first-order valence-corrected chi connectivity index (χ1v) is 7.29.